The highest BCUT2D eigenvalue weighted by Gasteiger charge is 2.35. The highest BCUT2D eigenvalue weighted by Crippen LogP contribution is 2.37. The molecule has 0 saturated carbocycles. The van der Waals surface area contributed by atoms with Crippen LogP contribution in [-0.4, -0.2) is 52.9 Å². The predicted molar refractivity (Wildman–Crippen MR) is 113 cm³/mol. The van der Waals surface area contributed by atoms with Crippen LogP contribution in [0.5, 0.6) is 0 Å². The number of para-hydroxylation sites is 2. The van der Waals surface area contributed by atoms with Crippen LogP contribution in [0.15, 0.2) is 42.5 Å². The van der Waals surface area contributed by atoms with E-state index in [1.54, 1.807) is 22.8 Å². The van der Waals surface area contributed by atoms with Crippen molar-refractivity contribution in [1.29, 1.82) is 0 Å². The normalized spacial score (nSPS) is 15.7. The van der Waals surface area contributed by atoms with Crippen LogP contribution in [-0.2, 0) is 11.0 Å². The SMILES string of the molecule is CC(C(=O)Nc1ccccc1[N+](=O)[O-])N1CCN(c2ccc(C(F)(F)F)cc2[N+](=O)[O-])CC1. The number of halogens is 3. The van der Waals surface area contributed by atoms with E-state index in [9.17, 15) is 38.2 Å². The van der Waals surface area contributed by atoms with Crippen LogP contribution in [0.25, 0.3) is 0 Å². The Kier molecular flexibility index (Phi) is 6.81. The number of rotatable bonds is 6. The standard InChI is InChI=1S/C20H20F3N5O5/c1-13(19(29)24-15-4-2-3-5-16(15)27(30)31)25-8-10-26(11-9-25)17-7-6-14(20(21,22)23)12-18(17)28(32)33/h2-7,12-13H,8-11H2,1H3,(H,24,29). The highest BCUT2D eigenvalue weighted by atomic mass is 19.4. The Balaban J connectivity index is 1.68. The third-order valence-corrected chi connectivity index (χ3v) is 5.44. The van der Waals surface area contributed by atoms with Gasteiger partial charge < -0.3 is 10.2 Å². The minimum absolute atomic E-state index is 0.0679. The molecule has 0 radical (unpaired) electrons. The van der Waals surface area contributed by atoms with Gasteiger partial charge in [-0.25, -0.2) is 0 Å². The number of carbonyl (C=O) groups excluding carboxylic acids is 1. The van der Waals surface area contributed by atoms with Gasteiger partial charge in [0.15, 0.2) is 0 Å². The van der Waals surface area contributed by atoms with Crippen molar-refractivity contribution in [2.24, 2.45) is 0 Å². The summed E-state index contributed by atoms with van der Waals surface area (Å²) >= 11 is 0. The Labute approximate surface area is 185 Å². The average Bonchev–Trinajstić information content (AvgIpc) is 2.77. The fraction of sp³-hybridized carbons (Fsp3) is 0.350. The molecule has 1 N–H and O–H groups in total. The number of nitro benzene ring substituents is 2. The largest absolute Gasteiger partial charge is 0.416 e. The number of hydrogen-bond donors (Lipinski definition) is 1. The zero-order valence-electron chi connectivity index (χ0n) is 17.4. The van der Waals surface area contributed by atoms with Gasteiger partial charge in [0.05, 0.1) is 21.5 Å². The minimum atomic E-state index is -4.70. The number of nitrogens with one attached hydrogen (secondary N) is 1. The average molecular weight is 467 g/mol. The number of carbonyl (C=O) groups is 1. The van der Waals surface area contributed by atoms with Gasteiger partial charge >= 0.3 is 6.18 Å². The molecule has 33 heavy (non-hydrogen) atoms. The summed E-state index contributed by atoms with van der Waals surface area (Å²) < 4.78 is 38.8. The van der Waals surface area contributed by atoms with Gasteiger partial charge in [-0.2, -0.15) is 13.2 Å². The van der Waals surface area contributed by atoms with Crippen LogP contribution in [0.3, 0.4) is 0 Å². The quantitative estimate of drug-likeness (QED) is 0.508. The van der Waals surface area contributed by atoms with Crippen molar-refractivity contribution in [2.75, 3.05) is 36.4 Å². The molecule has 1 aliphatic heterocycles. The van der Waals surface area contributed by atoms with Crippen LogP contribution in [0.2, 0.25) is 0 Å². The first-order chi connectivity index (χ1) is 15.5. The van der Waals surface area contributed by atoms with Crippen molar-refractivity contribution < 1.29 is 27.8 Å². The molecule has 0 aromatic heterocycles. The minimum Gasteiger partial charge on any atom is -0.363 e. The summed E-state index contributed by atoms with van der Waals surface area (Å²) in [6.07, 6.45) is -4.70. The number of amides is 1. The van der Waals surface area contributed by atoms with Crippen LogP contribution >= 0.6 is 0 Å². The Morgan fingerprint density at radius 1 is 1.00 bits per heavy atom. The van der Waals surface area contributed by atoms with E-state index in [4.69, 9.17) is 0 Å². The molecule has 1 atom stereocenters. The summed E-state index contributed by atoms with van der Waals surface area (Å²) in [5, 5.41) is 25.0. The molecule has 2 aromatic rings. The van der Waals surface area contributed by atoms with Gasteiger partial charge in [0, 0.05) is 38.3 Å². The molecule has 2 aromatic carbocycles. The summed E-state index contributed by atoms with van der Waals surface area (Å²) in [4.78, 5) is 37.0. The summed E-state index contributed by atoms with van der Waals surface area (Å²) in [5.41, 5.74) is -1.84. The molecular formula is C20H20F3N5O5. The second kappa shape index (κ2) is 9.40. The molecule has 0 aliphatic carbocycles. The predicted octanol–water partition coefficient (Wildman–Crippen LogP) is 3.67. The lowest BCUT2D eigenvalue weighted by Crippen LogP contribution is -2.53. The van der Waals surface area contributed by atoms with Gasteiger partial charge in [-0.1, -0.05) is 12.1 Å². The van der Waals surface area contributed by atoms with Gasteiger partial charge in [0.2, 0.25) is 5.91 Å². The van der Waals surface area contributed by atoms with Crippen molar-refractivity contribution >= 4 is 28.7 Å². The number of piperazine rings is 1. The molecule has 3 rings (SSSR count). The molecular weight excluding hydrogens is 447 g/mol. The van der Waals surface area contributed by atoms with Gasteiger partial charge in [-0.05, 0) is 25.1 Å². The van der Waals surface area contributed by atoms with Gasteiger partial charge in [0.25, 0.3) is 11.4 Å². The van der Waals surface area contributed by atoms with Crippen molar-refractivity contribution in [1.82, 2.24) is 4.90 Å². The van der Waals surface area contributed by atoms with E-state index < -0.39 is 39.2 Å². The number of nitrogens with zero attached hydrogens (tertiary/aromatic N) is 4. The second-order valence-corrected chi connectivity index (χ2v) is 7.42. The molecule has 1 heterocycles. The van der Waals surface area contributed by atoms with E-state index in [2.05, 4.69) is 5.32 Å². The van der Waals surface area contributed by atoms with E-state index in [0.29, 0.717) is 19.2 Å². The third kappa shape index (κ3) is 5.37. The zero-order chi connectivity index (χ0) is 24.3. The number of benzene rings is 2. The van der Waals surface area contributed by atoms with Crippen LogP contribution in [0.4, 0.5) is 35.9 Å². The molecule has 1 aliphatic rings. The lowest BCUT2D eigenvalue weighted by atomic mass is 10.1. The lowest BCUT2D eigenvalue weighted by molar-refractivity contribution is -0.384. The Hall–Kier alpha value is -3.74. The lowest BCUT2D eigenvalue weighted by Gasteiger charge is -2.38. The molecule has 10 nitrogen and oxygen atoms in total. The number of alkyl halides is 3. The Bertz CT molecular complexity index is 1070. The van der Waals surface area contributed by atoms with E-state index in [0.717, 1.165) is 12.1 Å². The first kappa shape index (κ1) is 23.9. The van der Waals surface area contributed by atoms with Crippen molar-refractivity contribution in [2.45, 2.75) is 19.1 Å². The summed E-state index contributed by atoms with van der Waals surface area (Å²) in [7, 11) is 0. The number of hydrogen-bond acceptors (Lipinski definition) is 7. The van der Waals surface area contributed by atoms with Gasteiger partial charge in [-0.15, -0.1) is 0 Å². The molecule has 1 saturated heterocycles. The fourth-order valence-corrected chi connectivity index (χ4v) is 3.61. The molecule has 1 unspecified atom stereocenters. The maximum Gasteiger partial charge on any atom is 0.416 e. The van der Waals surface area contributed by atoms with E-state index in [1.165, 1.54) is 18.2 Å². The first-order valence-electron chi connectivity index (χ1n) is 9.88. The number of anilines is 2. The highest BCUT2D eigenvalue weighted by molar-refractivity contribution is 5.96. The topological polar surface area (TPSA) is 122 Å². The van der Waals surface area contributed by atoms with E-state index >= 15 is 0 Å². The number of nitro groups is 2. The smallest absolute Gasteiger partial charge is 0.363 e. The summed E-state index contributed by atoms with van der Waals surface area (Å²) in [6.45, 7) is 2.73. The van der Waals surface area contributed by atoms with Gasteiger partial charge in [0.1, 0.15) is 11.4 Å². The maximum atomic E-state index is 12.9. The second-order valence-electron chi connectivity index (χ2n) is 7.42. The van der Waals surface area contributed by atoms with Crippen LogP contribution in [0.1, 0.15) is 12.5 Å². The van der Waals surface area contributed by atoms with Gasteiger partial charge in [-0.3, -0.25) is 29.9 Å². The summed E-state index contributed by atoms with van der Waals surface area (Å²) in [6, 6.07) is 7.48. The van der Waals surface area contributed by atoms with E-state index in [1.807, 2.05) is 0 Å². The molecule has 176 valence electrons. The van der Waals surface area contributed by atoms with Crippen molar-refractivity contribution in [3.8, 4) is 0 Å². The monoisotopic (exact) mass is 467 g/mol. The molecule has 1 fully saturated rings. The molecule has 1 amide bonds. The maximum absolute atomic E-state index is 12.9. The molecule has 0 spiro atoms. The fourth-order valence-electron chi connectivity index (χ4n) is 3.61. The van der Waals surface area contributed by atoms with Crippen molar-refractivity contribution in [3.05, 3.63) is 68.3 Å². The third-order valence-electron chi connectivity index (χ3n) is 5.44. The molecule has 0 bridgehead atoms. The van der Waals surface area contributed by atoms with Crippen LogP contribution in [0, 0.1) is 20.2 Å². The molecule has 13 heteroatoms. The van der Waals surface area contributed by atoms with Crippen molar-refractivity contribution in [3.63, 3.8) is 0 Å². The Morgan fingerprint density at radius 2 is 1.61 bits per heavy atom. The first-order valence-corrected chi connectivity index (χ1v) is 9.88. The summed E-state index contributed by atoms with van der Waals surface area (Å²) in [5.74, 6) is -0.460. The van der Waals surface area contributed by atoms with E-state index in [-0.39, 0.29) is 30.2 Å². The zero-order valence-corrected chi connectivity index (χ0v) is 17.4. The Morgan fingerprint density at radius 3 is 2.18 bits per heavy atom. The van der Waals surface area contributed by atoms with Crippen LogP contribution < -0.4 is 10.2 Å².